The summed E-state index contributed by atoms with van der Waals surface area (Å²) in [6.07, 6.45) is 2.68. The highest BCUT2D eigenvalue weighted by Gasteiger charge is 2.26. The van der Waals surface area contributed by atoms with Crippen LogP contribution in [0.25, 0.3) is 0 Å². The zero-order valence-electron chi connectivity index (χ0n) is 14.6. The number of carbonyl (C=O) groups is 1. The van der Waals surface area contributed by atoms with Gasteiger partial charge in [0.15, 0.2) is 5.69 Å². The smallest absolute Gasteiger partial charge is 0.280 e. The first-order valence-corrected chi connectivity index (χ1v) is 9.60. The van der Waals surface area contributed by atoms with Gasteiger partial charge in [0.05, 0.1) is 18.4 Å². The number of rotatable bonds is 3. The van der Waals surface area contributed by atoms with Crippen LogP contribution in [0.3, 0.4) is 0 Å². The molecule has 1 atom stereocenters. The molecule has 0 N–H and O–H groups in total. The molecule has 1 aliphatic rings. The first kappa shape index (κ1) is 16.8. The second kappa shape index (κ2) is 7.33. The van der Waals surface area contributed by atoms with Crippen LogP contribution in [-0.4, -0.2) is 32.7 Å². The molecule has 5 nitrogen and oxygen atoms in total. The molecule has 4 rings (SSSR count). The van der Waals surface area contributed by atoms with E-state index in [-0.39, 0.29) is 5.91 Å². The normalized spacial score (nSPS) is 16.8. The quantitative estimate of drug-likeness (QED) is 0.708. The third-order valence-corrected chi connectivity index (χ3v) is 5.67. The zero-order valence-corrected chi connectivity index (χ0v) is 15.4. The lowest BCUT2D eigenvalue weighted by Gasteiger charge is -2.21. The molecule has 6 heteroatoms. The van der Waals surface area contributed by atoms with Crippen LogP contribution in [0.4, 0.5) is 5.69 Å². The summed E-state index contributed by atoms with van der Waals surface area (Å²) in [6.45, 7) is 3.49. The van der Waals surface area contributed by atoms with Crippen LogP contribution in [0, 0.1) is 0 Å². The highest BCUT2D eigenvalue weighted by atomic mass is 32.2. The number of aromatic nitrogens is 3. The molecule has 132 valence electrons. The number of hydrogen-bond donors (Lipinski definition) is 0. The van der Waals surface area contributed by atoms with E-state index in [1.807, 2.05) is 65.2 Å². The molecule has 2 aromatic carbocycles. The van der Waals surface area contributed by atoms with Crippen molar-refractivity contribution in [1.29, 1.82) is 0 Å². The maximum absolute atomic E-state index is 13.1. The largest absolute Gasteiger partial charge is 0.306 e. The number of fused-ring (bicyclic) bond motifs is 1. The highest BCUT2D eigenvalue weighted by Crippen LogP contribution is 2.37. The van der Waals surface area contributed by atoms with Gasteiger partial charge in [-0.05, 0) is 24.1 Å². The van der Waals surface area contributed by atoms with Gasteiger partial charge in [0, 0.05) is 16.7 Å². The van der Waals surface area contributed by atoms with Gasteiger partial charge in [0.1, 0.15) is 0 Å². The fraction of sp³-hybridized carbons (Fsp3) is 0.250. The average Bonchev–Trinajstić information content (AvgIpc) is 3.05. The van der Waals surface area contributed by atoms with Crippen LogP contribution in [0.1, 0.15) is 29.4 Å². The number of carbonyl (C=O) groups excluding carboxylic acids is 1. The summed E-state index contributed by atoms with van der Waals surface area (Å²) in [5, 5.41) is 8.74. The lowest BCUT2D eigenvalue weighted by molar-refractivity contribution is 0.0981. The molecule has 26 heavy (non-hydrogen) atoms. The van der Waals surface area contributed by atoms with E-state index >= 15 is 0 Å². The van der Waals surface area contributed by atoms with E-state index in [1.165, 1.54) is 0 Å². The van der Waals surface area contributed by atoms with Crippen molar-refractivity contribution >= 4 is 23.4 Å². The summed E-state index contributed by atoms with van der Waals surface area (Å²) in [7, 11) is 0. The molecule has 0 radical (unpaired) electrons. The van der Waals surface area contributed by atoms with Gasteiger partial charge in [-0.1, -0.05) is 54.6 Å². The molecule has 0 saturated carbocycles. The molecule has 0 spiro atoms. The standard InChI is InChI=1S/C20H20N4OS/c1-15-11-12-24(18-9-5-6-10-19(18)26-15)20(25)17-14-23(22-21-17)13-16-7-3-2-4-8-16/h2-10,14-15H,11-13H2,1H3. The van der Waals surface area contributed by atoms with Crippen LogP contribution in [-0.2, 0) is 6.54 Å². The Labute approximate surface area is 157 Å². The van der Waals surface area contributed by atoms with Crippen molar-refractivity contribution in [3.8, 4) is 0 Å². The third kappa shape index (κ3) is 3.51. The summed E-state index contributed by atoms with van der Waals surface area (Å²) < 4.78 is 1.71. The molecule has 3 aromatic rings. The molecule has 0 saturated heterocycles. The SMILES string of the molecule is CC1CCN(C(=O)c2cn(Cc3ccccc3)nn2)c2ccccc2S1. The summed E-state index contributed by atoms with van der Waals surface area (Å²) >= 11 is 1.82. The van der Waals surface area contributed by atoms with Crippen LogP contribution in [0.5, 0.6) is 0 Å². The molecule has 0 aliphatic carbocycles. The molecule has 1 unspecified atom stereocenters. The van der Waals surface area contributed by atoms with Gasteiger partial charge in [-0.25, -0.2) is 4.68 Å². The summed E-state index contributed by atoms with van der Waals surface area (Å²) in [5.41, 5.74) is 2.47. The van der Waals surface area contributed by atoms with Crippen molar-refractivity contribution in [3.63, 3.8) is 0 Å². The van der Waals surface area contributed by atoms with Crippen molar-refractivity contribution in [2.75, 3.05) is 11.4 Å². The lowest BCUT2D eigenvalue weighted by Crippen LogP contribution is -2.32. The Bertz CT molecular complexity index is 909. The first-order chi connectivity index (χ1) is 12.7. The number of anilines is 1. The lowest BCUT2D eigenvalue weighted by atomic mass is 10.2. The maximum atomic E-state index is 13.1. The highest BCUT2D eigenvalue weighted by molar-refractivity contribution is 8.00. The van der Waals surface area contributed by atoms with Gasteiger partial charge >= 0.3 is 0 Å². The van der Waals surface area contributed by atoms with E-state index in [4.69, 9.17) is 0 Å². The minimum absolute atomic E-state index is 0.0912. The van der Waals surface area contributed by atoms with Gasteiger partial charge in [0.25, 0.3) is 5.91 Å². The molecule has 2 heterocycles. The van der Waals surface area contributed by atoms with E-state index in [9.17, 15) is 4.79 Å². The van der Waals surface area contributed by atoms with Crippen LogP contribution < -0.4 is 4.90 Å². The van der Waals surface area contributed by atoms with Gasteiger partial charge in [-0.3, -0.25) is 4.79 Å². The van der Waals surface area contributed by atoms with Crippen molar-refractivity contribution in [3.05, 3.63) is 72.1 Å². The number of hydrogen-bond acceptors (Lipinski definition) is 4. The Hall–Kier alpha value is -2.60. The average molecular weight is 364 g/mol. The van der Waals surface area contributed by atoms with Crippen LogP contribution in [0.2, 0.25) is 0 Å². The second-order valence-corrected chi connectivity index (χ2v) is 7.91. The topological polar surface area (TPSA) is 51.0 Å². The van der Waals surface area contributed by atoms with Crippen molar-refractivity contribution < 1.29 is 4.79 Å². The Morgan fingerprint density at radius 2 is 1.92 bits per heavy atom. The van der Waals surface area contributed by atoms with Gasteiger partial charge in [-0.2, -0.15) is 0 Å². The van der Waals surface area contributed by atoms with E-state index in [2.05, 4.69) is 23.3 Å². The Morgan fingerprint density at radius 3 is 2.77 bits per heavy atom. The Balaban J connectivity index is 1.58. The van der Waals surface area contributed by atoms with E-state index < -0.39 is 0 Å². The van der Waals surface area contributed by atoms with Gasteiger partial charge < -0.3 is 4.90 Å². The molecule has 1 aliphatic heterocycles. The first-order valence-electron chi connectivity index (χ1n) is 8.72. The number of benzene rings is 2. The molecule has 1 amide bonds. The number of thioether (sulfide) groups is 1. The second-order valence-electron chi connectivity index (χ2n) is 6.43. The van der Waals surface area contributed by atoms with E-state index in [0.29, 0.717) is 24.0 Å². The molecular weight excluding hydrogens is 344 g/mol. The molecule has 0 bridgehead atoms. The zero-order chi connectivity index (χ0) is 17.9. The third-order valence-electron chi connectivity index (χ3n) is 4.43. The fourth-order valence-corrected chi connectivity index (χ4v) is 4.19. The predicted octanol–water partition coefficient (Wildman–Crippen LogP) is 3.86. The minimum Gasteiger partial charge on any atom is -0.306 e. The predicted molar refractivity (Wildman–Crippen MR) is 104 cm³/mol. The van der Waals surface area contributed by atoms with Gasteiger partial charge in [-0.15, -0.1) is 16.9 Å². The maximum Gasteiger partial charge on any atom is 0.280 e. The number of para-hydroxylation sites is 1. The van der Waals surface area contributed by atoms with E-state index in [1.54, 1.807) is 10.9 Å². The number of amides is 1. The molecular formula is C20H20N4OS. The van der Waals surface area contributed by atoms with Crippen LogP contribution >= 0.6 is 11.8 Å². The number of nitrogens with zero attached hydrogens (tertiary/aromatic N) is 4. The van der Waals surface area contributed by atoms with E-state index in [0.717, 1.165) is 22.6 Å². The Morgan fingerprint density at radius 1 is 1.15 bits per heavy atom. The minimum atomic E-state index is -0.0912. The summed E-state index contributed by atoms with van der Waals surface area (Å²) in [6, 6.07) is 18.1. The summed E-state index contributed by atoms with van der Waals surface area (Å²) in [4.78, 5) is 16.1. The Kier molecular flexibility index (Phi) is 4.75. The molecule has 1 aromatic heterocycles. The fourth-order valence-electron chi connectivity index (χ4n) is 3.08. The van der Waals surface area contributed by atoms with Crippen molar-refractivity contribution in [2.24, 2.45) is 0 Å². The van der Waals surface area contributed by atoms with Gasteiger partial charge in [0.2, 0.25) is 0 Å². The monoisotopic (exact) mass is 364 g/mol. The van der Waals surface area contributed by atoms with Crippen molar-refractivity contribution in [2.45, 2.75) is 30.0 Å². The summed E-state index contributed by atoms with van der Waals surface area (Å²) in [5.74, 6) is -0.0912. The molecule has 0 fully saturated rings. The van der Waals surface area contributed by atoms with Crippen molar-refractivity contribution in [1.82, 2.24) is 15.0 Å². The van der Waals surface area contributed by atoms with Crippen LogP contribution in [0.15, 0.2) is 65.7 Å².